The Morgan fingerprint density at radius 3 is 1.00 bits per heavy atom. The predicted molar refractivity (Wildman–Crippen MR) is 12.2 cm³/mol. The second-order valence-electron chi connectivity index (χ2n) is 0. The Labute approximate surface area is 101 Å². The Hall–Kier alpha value is 3.14. The van der Waals surface area contributed by atoms with Crippen molar-refractivity contribution in [2.45, 2.75) is 0 Å². The molecule has 0 unspecified atom stereocenters. The topological polar surface area (TPSA) is 31.5 Å². The molecule has 2 N–H and O–H groups in total. The molecule has 0 aliphatic rings. The van der Waals surface area contributed by atoms with Crippen LogP contribution in [0.15, 0.2) is 0 Å². The van der Waals surface area contributed by atoms with Crippen LogP contribution in [0.3, 0.4) is 0 Å². The van der Waals surface area contributed by atoms with E-state index in [4.69, 9.17) is 0 Å². The van der Waals surface area contributed by atoms with E-state index in [1.165, 1.54) is 0 Å². The van der Waals surface area contributed by atoms with Crippen LogP contribution in [0.1, 0.15) is 0 Å². The zero-order chi connectivity index (χ0) is 0. The first-order valence-corrected chi connectivity index (χ1v) is 0. The summed E-state index contributed by atoms with van der Waals surface area (Å²) >= 11 is 0. The van der Waals surface area contributed by atoms with Crippen molar-refractivity contribution in [2.24, 2.45) is 0 Å². The van der Waals surface area contributed by atoms with Gasteiger partial charge in [-0.2, -0.15) is 0 Å². The van der Waals surface area contributed by atoms with Crippen molar-refractivity contribution in [1.82, 2.24) is 0 Å². The first kappa shape index (κ1) is 27.3. The zero-order valence-corrected chi connectivity index (χ0v) is 5.29. The Morgan fingerprint density at radius 1 is 1.00 bits per heavy atom. The molecule has 0 aliphatic carbocycles. The van der Waals surface area contributed by atoms with Gasteiger partial charge in [-0.1, -0.05) is 0 Å². The van der Waals surface area contributed by atoms with E-state index in [0.29, 0.717) is 0 Å². The molecule has 0 saturated carbocycles. The molecule has 0 rings (SSSR count). The third-order valence-corrected chi connectivity index (χ3v) is 0. The fraction of sp³-hybridized carbons (Fsp3) is 0. The van der Waals surface area contributed by atoms with E-state index < -0.39 is 0 Å². The van der Waals surface area contributed by atoms with Crippen LogP contribution in [0.4, 0.5) is 0 Å². The van der Waals surface area contributed by atoms with E-state index in [1.54, 1.807) is 0 Å². The zero-order valence-electron chi connectivity index (χ0n) is 1.41. The summed E-state index contributed by atoms with van der Waals surface area (Å²) in [6.45, 7) is 0. The molecule has 0 aromatic rings. The van der Waals surface area contributed by atoms with Crippen molar-refractivity contribution in [3.63, 3.8) is 0 Å². The molecular weight excluding hydrogens is 301 g/mol. The van der Waals surface area contributed by atoms with Gasteiger partial charge in [-0.25, -0.2) is 0 Å². The van der Waals surface area contributed by atoms with E-state index in [2.05, 4.69) is 0 Å². The summed E-state index contributed by atoms with van der Waals surface area (Å²) in [5.41, 5.74) is 0. The minimum atomic E-state index is 0. The van der Waals surface area contributed by atoms with Gasteiger partial charge in [0.2, 0.25) is 0 Å². The fourth-order valence-electron chi connectivity index (χ4n) is 0. The molecule has 0 spiro atoms. The first-order valence-electron chi connectivity index (χ1n) is 0. The monoisotopic (exact) mass is 306 g/mol. The average Bonchev–Trinajstić information content (AvgIpc) is 0. The molecule has 0 amide bonds. The van der Waals surface area contributed by atoms with Gasteiger partial charge in [0.05, 0.1) is 0 Å². The summed E-state index contributed by atoms with van der Waals surface area (Å²) in [6.07, 6.45) is 0. The van der Waals surface area contributed by atoms with Gasteiger partial charge in [-0.15, -0.1) is 0 Å². The van der Waals surface area contributed by atoms with E-state index >= 15 is 0 Å². The predicted octanol–water partition coefficient (Wildman–Crippen LogP) is -1.75. The van der Waals surface area contributed by atoms with E-state index in [-0.39, 0.29) is 104 Å². The standard InChI is InChI=1S/Ba.Co.H2O.Y.2H/h;;1H2;;;. The van der Waals surface area contributed by atoms with Crippen LogP contribution in [0.5, 0.6) is 0 Å². The van der Waals surface area contributed by atoms with Crippen LogP contribution < -0.4 is 0 Å². The van der Waals surface area contributed by atoms with Crippen molar-refractivity contribution in [2.75, 3.05) is 0 Å². The average molecular weight is 305 g/mol. The maximum atomic E-state index is 0. The number of hydrogen-bond donors (Lipinski definition) is 0. The van der Waals surface area contributed by atoms with Crippen LogP contribution in [-0.2, 0) is 49.5 Å². The summed E-state index contributed by atoms with van der Waals surface area (Å²) in [7, 11) is 0. The van der Waals surface area contributed by atoms with Gasteiger partial charge in [0, 0.05) is 49.5 Å². The molecule has 24 valence electrons. The van der Waals surface area contributed by atoms with Gasteiger partial charge >= 0.3 is 48.9 Å². The van der Waals surface area contributed by atoms with Gasteiger partial charge in [-0.05, 0) is 0 Å². The molecule has 4 heavy (non-hydrogen) atoms. The second-order valence-corrected chi connectivity index (χ2v) is 0. The third-order valence-electron chi connectivity index (χ3n) is 0. The van der Waals surface area contributed by atoms with Crippen molar-refractivity contribution in [3.05, 3.63) is 0 Å². The van der Waals surface area contributed by atoms with E-state index in [1.807, 2.05) is 0 Å². The largest absolute Gasteiger partial charge is 0 e. The Kier molecular flexibility index (Phi) is 112. The maximum absolute atomic E-state index is 0. The summed E-state index contributed by atoms with van der Waals surface area (Å²) in [5, 5.41) is 0. The van der Waals surface area contributed by atoms with Crippen LogP contribution in [-0.4, -0.2) is 54.4 Å². The van der Waals surface area contributed by atoms with Gasteiger partial charge in [-0.3, -0.25) is 0 Å². The minimum Gasteiger partial charge on any atom is 0 e. The summed E-state index contributed by atoms with van der Waals surface area (Å²) in [6, 6.07) is 0. The molecular formula is H4BaCoOY. The first-order chi connectivity index (χ1) is 0. The summed E-state index contributed by atoms with van der Waals surface area (Å²) < 4.78 is 0. The maximum Gasteiger partial charge on any atom is 0 e. The quantitative estimate of drug-likeness (QED) is 0.476. The molecule has 0 saturated heterocycles. The molecule has 0 bridgehead atoms. The van der Waals surface area contributed by atoms with Crippen molar-refractivity contribution in [3.8, 4) is 0 Å². The van der Waals surface area contributed by atoms with Crippen LogP contribution in [0, 0.1) is 0 Å². The third kappa shape index (κ3) is 8.94. The molecule has 4 heteroatoms. The van der Waals surface area contributed by atoms with Gasteiger partial charge in [0.25, 0.3) is 0 Å². The van der Waals surface area contributed by atoms with Crippen LogP contribution >= 0.6 is 0 Å². The van der Waals surface area contributed by atoms with Crippen LogP contribution in [0.25, 0.3) is 0 Å². The van der Waals surface area contributed by atoms with Crippen molar-refractivity contribution < 1.29 is 55.0 Å². The molecule has 0 aliphatic heterocycles. The minimum absolute atomic E-state index is 0. The molecule has 0 fully saturated rings. The molecule has 0 atom stereocenters. The van der Waals surface area contributed by atoms with Gasteiger partial charge < -0.3 is 5.48 Å². The van der Waals surface area contributed by atoms with Gasteiger partial charge in [0.1, 0.15) is 0 Å². The summed E-state index contributed by atoms with van der Waals surface area (Å²) in [5.74, 6) is 0. The molecule has 0 aromatic carbocycles. The summed E-state index contributed by atoms with van der Waals surface area (Å²) in [4.78, 5) is 0. The normalized spacial score (nSPS) is 0. The van der Waals surface area contributed by atoms with Crippen molar-refractivity contribution in [1.29, 1.82) is 0 Å². The molecule has 2 radical (unpaired) electrons. The van der Waals surface area contributed by atoms with E-state index in [0.717, 1.165) is 0 Å². The van der Waals surface area contributed by atoms with Crippen LogP contribution in [0.2, 0.25) is 0 Å². The number of hydrogen-bond acceptors (Lipinski definition) is 0. The molecule has 1 nitrogen and oxygen atoms in total. The fourth-order valence-corrected chi connectivity index (χ4v) is 0. The number of rotatable bonds is 0. The SMILES string of the molecule is O.[BaH2].[Co].[Y]. The Balaban J connectivity index is 0. The Bertz CT molecular complexity index is 8.00. The second kappa shape index (κ2) is 16.5. The molecule has 0 aromatic heterocycles. The van der Waals surface area contributed by atoms with Crippen molar-refractivity contribution >= 4 is 48.9 Å². The molecule has 0 heterocycles. The Morgan fingerprint density at radius 2 is 1.00 bits per heavy atom. The smallest absolute Gasteiger partial charge is 0 e. The van der Waals surface area contributed by atoms with Gasteiger partial charge in [0.15, 0.2) is 0 Å². The van der Waals surface area contributed by atoms with E-state index in [9.17, 15) is 0 Å².